The van der Waals surface area contributed by atoms with Crippen LogP contribution in [0.25, 0.3) is 0 Å². The Kier molecular flexibility index (Phi) is 4.09. The summed E-state index contributed by atoms with van der Waals surface area (Å²) >= 11 is 0. The van der Waals surface area contributed by atoms with Crippen molar-refractivity contribution in [1.29, 1.82) is 0 Å². The van der Waals surface area contributed by atoms with Crippen molar-refractivity contribution in [3.05, 3.63) is 48.4 Å². The molecule has 1 N–H and O–H groups in total. The van der Waals surface area contributed by atoms with E-state index in [2.05, 4.69) is 14.7 Å². The molecule has 0 atom stereocenters. The van der Waals surface area contributed by atoms with Crippen molar-refractivity contribution in [3.63, 3.8) is 0 Å². The molecule has 0 amide bonds. The fourth-order valence-electron chi connectivity index (χ4n) is 1.59. The predicted molar refractivity (Wildman–Crippen MR) is 73.9 cm³/mol. The quantitative estimate of drug-likeness (QED) is 0.849. The van der Waals surface area contributed by atoms with Gasteiger partial charge in [-0.1, -0.05) is 19.1 Å². The molecule has 0 aliphatic carbocycles. The van der Waals surface area contributed by atoms with Crippen LogP contribution in [0.2, 0.25) is 0 Å². The summed E-state index contributed by atoms with van der Waals surface area (Å²) in [7, 11) is -3.78. The lowest BCUT2D eigenvalue weighted by molar-refractivity contribution is 0.0988. The van der Waals surface area contributed by atoms with Gasteiger partial charge in [-0.2, -0.15) is 0 Å². The SMILES string of the molecule is CCC(=O)c1cccc(S(=O)(=O)Nc2cnccn2)c1. The zero-order valence-corrected chi connectivity index (χ0v) is 11.6. The number of hydrogen-bond donors (Lipinski definition) is 1. The largest absolute Gasteiger partial charge is 0.294 e. The van der Waals surface area contributed by atoms with Crippen molar-refractivity contribution in [2.45, 2.75) is 18.2 Å². The Balaban J connectivity index is 2.33. The van der Waals surface area contributed by atoms with E-state index < -0.39 is 10.0 Å². The normalized spacial score (nSPS) is 11.1. The second kappa shape index (κ2) is 5.79. The Morgan fingerprint density at radius 3 is 2.75 bits per heavy atom. The molecule has 0 saturated heterocycles. The standard InChI is InChI=1S/C13H13N3O3S/c1-2-12(17)10-4-3-5-11(8-10)20(18,19)16-13-9-14-6-7-15-13/h3-9H,2H2,1H3,(H,15,16). The number of Topliss-reactive ketones (excluding diaryl/α,β-unsaturated/α-hetero) is 1. The average Bonchev–Trinajstić information content (AvgIpc) is 2.47. The van der Waals surface area contributed by atoms with E-state index >= 15 is 0 Å². The molecule has 2 aromatic rings. The molecule has 1 aromatic heterocycles. The van der Waals surface area contributed by atoms with Gasteiger partial charge < -0.3 is 0 Å². The number of nitrogens with one attached hydrogen (secondary N) is 1. The molecule has 20 heavy (non-hydrogen) atoms. The molecular weight excluding hydrogens is 278 g/mol. The molecule has 1 aromatic carbocycles. The van der Waals surface area contributed by atoms with E-state index in [1.807, 2.05) is 0 Å². The number of aromatic nitrogens is 2. The van der Waals surface area contributed by atoms with E-state index in [4.69, 9.17) is 0 Å². The Labute approximate surface area is 116 Å². The maximum atomic E-state index is 12.2. The number of ketones is 1. The summed E-state index contributed by atoms with van der Waals surface area (Å²) in [6.45, 7) is 1.72. The van der Waals surface area contributed by atoms with Crippen molar-refractivity contribution < 1.29 is 13.2 Å². The molecule has 6 nitrogen and oxygen atoms in total. The highest BCUT2D eigenvalue weighted by atomic mass is 32.2. The van der Waals surface area contributed by atoms with Gasteiger partial charge in [-0.05, 0) is 12.1 Å². The molecule has 1 heterocycles. The zero-order chi connectivity index (χ0) is 14.6. The number of anilines is 1. The molecular formula is C13H13N3O3S. The van der Waals surface area contributed by atoms with Gasteiger partial charge >= 0.3 is 0 Å². The van der Waals surface area contributed by atoms with Gasteiger partial charge in [-0.15, -0.1) is 0 Å². The van der Waals surface area contributed by atoms with E-state index in [1.54, 1.807) is 13.0 Å². The van der Waals surface area contributed by atoms with E-state index in [0.29, 0.717) is 12.0 Å². The summed E-state index contributed by atoms with van der Waals surface area (Å²) in [5.41, 5.74) is 0.370. The molecule has 2 rings (SSSR count). The van der Waals surface area contributed by atoms with Crippen LogP contribution in [0.4, 0.5) is 5.82 Å². The van der Waals surface area contributed by atoms with Gasteiger partial charge in [0.2, 0.25) is 0 Å². The molecule has 7 heteroatoms. The number of benzene rings is 1. The third kappa shape index (κ3) is 3.18. The van der Waals surface area contributed by atoms with Gasteiger partial charge in [0.25, 0.3) is 10.0 Å². The van der Waals surface area contributed by atoms with Crippen molar-refractivity contribution in [1.82, 2.24) is 9.97 Å². The maximum absolute atomic E-state index is 12.2. The summed E-state index contributed by atoms with van der Waals surface area (Å²) in [6, 6.07) is 5.90. The van der Waals surface area contributed by atoms with Crippen molar-refractivity contribution in [2.75, 3.05) is 4.72 Å². The highest BCUT2D eigenvalue weighted by Crippen LogP contribution is 2.16. The summed E-state index contributed by atoms with van der Waals surface area (Å²) in [5, 5.41) is 0. The summed E-state index contributed by atoms with van der Waals surface area (Å²) < 4.78 is 26.7. The van der Waals surface area contributed by atoms with Crippen LogP contribution in [-0.4, -0.2) is 24.2 Å². The third-order valence-electron chi connectivity index (χ3n) is 2.59. The smallest absolute Gasteiger partial charge is 0.263 e. The fourth-order valence-corrected chi connectivity index (χ4v) is 2.63. The van der Waals surface area contributed by atoms with Crippen molar-refractivity contribution >= 4 is 21.6 Å². The van der Waals surface area contributed by atoms with Crippen LogP contribution in [0, 0.1) is 0 Å². The second-order valence-electron chi connectivity index (χ2n) is 4.00. The minimum Gasteiger partial charge on any atom is -0.294 e. The first-order valence-corrected chi connectivity index (χ1v) is 7.43. The third-order valence-corrected chi connectivity index (χ3v) is 3.94. The lowest BCUT2D eigenvalue weighted by Crippen LogP contribution is -2.14. The molecule has 0 aliphatic rings. The monoisotopic (exact) mass is 291 g/mol. The number of nitrogens with zero attached hydrogens (tertiary/aromatic N) is 2. The van der Waals surface area contributed by atoms with Gasteiger partial charge in [0, 0.05) is 24.4 Å². The Hall–Kier alpha value is -2.28. The van der Waals surface area contributed by atoms with Gasteiger partial charge in [0.15, 0.2) is 11.6 Å². The first-order chi connectivity index (χ1) is 9.53. The minimum absolute atomic E-state index is 0.0162. The van der Waals surface area contributed by atoms with E-state index in [9.17, 15) is 13.2 Å². The Bertz CT molecular complexity index is 715. The van der Waals surface area contributed by atoms with Crippen LogP contribution in [0.5, 0.6) is 0 Å². The molecule has 0 unspecified atom stereocenters. The van der Waals surface area contributed by atoms with Crippen LogP contribution in [0.15, 0.2) is 47.8 Å². The molecule has 0 spiro atoms. The van der Waals surface area contributed by atoms with Crippen molar-refractivity contribution in [2.24, 2.45) is 0 Å². The number of hydrogen-bond acceptors (Lipinski definition) is 5. The van der Waals surface area contributed by atoms with Gasteiger partial charge in [-0.3, -0.25) is 14.5 Å². The Morgan fingerprint density at radius 1 is 1.30 bits per heavy atom. The second-order valence-corrected chi connectivity index (χ2v) is 5.68. The number of rotatable bonds is 5. The van der Waals surface area contributed by atoms with E-state index in [1.165, 1.54) is 36.8 Å². The van der Waals surface area contributed by atoms with Gasteiger partial charge in [0.05, 0.1) is 11.1 Å². The van der Waals surface area contributed by atoms with Crippen LogP contribution in [0.3, 0.4) is 0 Å². The molecule has 0 saturated carbocycles. The number of sulfonamides is 1. The first-order valence-electron chi connectivity index (χ1n) is 5.95. The molecule has 0 bridgehead atoms. The molecule has 0 radical (unpaired) electrons. The van der Waals surface area contributed by atoms with Crippen LogP contribution in [0.1, 0.15) is 23.7 Å². The van der Waals surface area contributed by atoms with E-state index in [-0.39, 0.29) is 16.5 Å². The number of carbonyl (C=O) groups is 1. The minimum atomic E-state index is -3.78. The van der Waals surface area contributed by atoms with Crippen LogP contribution in [-0.2, 0) is 10.0 Å². The lowest BCUT2D eigenvalue weighted by Gasteiger charge is -2.07. The summed E-state index contributed by atoms with van der Waals surface area (Å²) in [6.07, 6.45) is 4.45. The average molecular weight is 291 g/mol. The summed E-state index contributed by atoms with van der Waals surface area (Å²) in [5.74, 6) is 0.0151. The molecule has 0 aliphatic heterocycles. The number of carbonyl (C=O) groups excluding carboxylic acids is 1. The van der Waals surface area contributed by atoms with E-state index in [0.717, 1.165) is 0 Å². The van der Waals surface area contributed by atoms with Crippen LogP contribution < -0.4 is 4.72 Å². The lowest BCUT2D eigenvalue weighted by atomic mass is 10.1. The van der Waals surface area contributed by atoms with Crippen LogP contribution >= 0.6 is 0 Å². The van der Waals surface area contributed by atoms with Gasteiger partial charge in [0.1, 0.15) is 0 Å². The highest BCUT2D eigenvalue weighted by Gasteiger charge is 2.16. The summed E-state index contributed by atoms with van der Waals surface area (Å²) in [4.78, 5) is 19.3. The maximum Gasteiger partial charge on any atom is 0.263 e. The predicted octanol–water partition coefficient (Wildman–Crippen LogP) is 1.87. The fraction of sp³-hybridized carbons (Fsp3) is 0.154. The molecule has 104 valence electrons. The molecule has 0 fully saturated rings. The first kappa shape index (κ1) is 14.1. The Morgan fingerprint density at radius 2 is 2.10 bits per heavy atom. The highest BCUT2D eigenvalue weighted by molar-refractivity contribution is 7.92. The van der Waals surface area contributed by atoms with Crippen molar-refractivity contribution in [3.8, 4) is 0 Å². The topological polar surface area (TPSA) is 89.0 Å². The van der Waals surface area contributed by atoms with Gasteiger partial charge in [-0.25, -0.2) is 13.4 Å². The zero-order valence-electron chi connectivity index (χ0n) is 10.8.